The number of ether oxygens (including phenoxy) is 4. The number of carbonyl (C=O) groups is 2. The number of para-hydroxylation sites is 1. The predicted octanol–water partition coefficient (Wildman–Crippen LogP) is 2.02. The summed E-state index contributed by atoms with van der Waals surface area (Å²) in [5.74, 6) is 6.46. The lowest BCUT2D eigenvalue weighted by Crippen LogP contribution is -2.21. The van der Waals surface area contributed by atoms with Gasteiger partial charge in [0.05, 0.1) is 33.4 Å². The second kappa shape index (κ2) is 11.8. The average molecular weight is 424 g/mol. The number of primary amides is 1. The fourth-order valence-electron chi connectivity index (χ4n) is 2.58. The van der Waals surface area contributed by atoms with Gasteiger partial charge in [-0.25, -0.2) is 0 Å². The number of hydrogen-bond acceptors (Lipinski definition) is 6. The predicted molar refractivity (Wildman–Crippen MR) is 116 cm³/mol. The van der Waals surface area contributed by atoms with Gasteiger partial charge in [-0.05, 0) is 35.9 Å². The third kappa shape index (κ3) is 6.72. The van der Waals surface area contributed by atoms with Crippen LogP contribution in [0.1, 0.15) is 15.9 Å². The molecule has 2 aromatic rings. The Morgan fingerprint density at radius 1 is 1.00 bits per heavy atom. The van der Waals surface area contributed by atoms with E-state index in [4.69, 9.17) is 24.7 Å². The molecule has 0 saturated heterocycles. The molecule has 8 heteroatoms. The normalized spacial score (nSPS) is 10.0. The Morgan fingerprint density at radius 2 is 1.68 bits per heavy atom. The van der Waals surface area contributed by atoms with E-state index >= 15 is 0 Å². The molecule has 162 valence electrons. The molecule has 0 heterocycles. The monoisotopic (exact) mass is 424 g/mol. The van der Waals surface area contributed by atoms with Crippen LogP contribution in [0.4, 0.5) is 0 Å². The molecule has 0 aromatic heterocycles. The molecule has 2 rings (SSSR count). The number of rotatable bonds is 9. The second-order valence-electron chi connectivity index (χ2n) is 6.01. The van der Waals surface area contributed by atoms with Crippen molar-refractivity contribution in [3.05, 3.63) is 53.6 Å². The number of amides is 2. The van der Waals surface area contributed by atoms with Crippen molar-refractivity contribution in [3.8, 4) is 34.8 Å². The summed E-state index contributed by atoms with van der Waals surface area (Å²) >= 11 is 0. The Bertz CT molecular complexity index is 995. The first-order valence-corrected chi connectivity index (χ1v) is 9.23. The van der Waals surface area contributed by atoms with Gasteiger partial charge in [-0.1, -0.05) is 24.0 Å². The zero-order valence-corrected chi connectivity index (χ0v) is 17.6. The summed E-state index contributed by atoms with van der Waals surface area (Å²) < 4.78 is 21.3. The molecule has 0 unspecified atom stereocenters. The minimum absolute atomic E-state index is 0.0570. The van der Waals surface area contributed by atoms with Gasteiger partial charge in [0, 0.05) is 6.08 Å². The third-order valence-corrected chi connectivity index (χ3v) is 4.04. The van der Waals surface area contributed by atoms with E-state index in [9.17, 15) is 9.59 Å². The van der Waals surface area contributed by atoms with Gasteiger partial charge in [0.15, 0.2) is 11.5 Å². The standard InChI is InChI=1S/C23H24N2O6/c1-28-19-14-16(15-20(29-2)22(19)30-3)10-11-21(26)25-12-6-7-13-31-18-9-5-4-8-17(18)23(24)27/h4-5,8-11,14-15H,12-13H2,1-3H3,(H2,24,27)(H,25,26)/b11-10+. The lowest BCUT2D eigenvalue weighted by atomic mass is 10.1. The molecule has 0 radical (unpaired) electrons. The van der Waals surface area contributed by atoms with Crippen molar-refractivity contribution in [3.63, 3.8) is 0 Å². The van der Waals surface area contributed by atoms with E-state index in [1.54, 1.807) is 42.5 Å². The smallest absolute Gasteiger partial charge is 0.252 e. The summed E-state index contributed by atoms with van der Waals surface area (Å²) in [4.78, 5) is 23.3. The van der Waals surface area contributed by atoms with Crippen LogP contribution in [0, 0.1) is 11.8 Å². The van der Waals surface area contributed by atoms with Gasteiger partial charge in [0.1, 0.15) is 12.4 Å². The van der Waals surface area contributed by atoms with E-state index in [1.165, 1.54) is 27.4 Å². The highest BCUT2D eigenvalue weighted by Crippen LogP contribution is 2.38. The molecule has 2 aromatic carbocycles. The van der Waals surface area contributed by atoms with Gasteiger partial charge < -0.3 is 30.0 Å². The molecule has 0 aliphatic rings. The zero-order chi connectivity index (χ0) is 22.6. The lowest BCUT2D eigenvalue weighted by Gasteiger charge is -2.12. The van der Waals surface area contributed by atoms with Crippen molar-refractivity contribution in [2.24, 2.45) is 5.73 Å². The van der Waals surface area contributed by atoms with Crippen molar-refractivity contribution in [2.75, 3.05) is 34.5 Å². The minimum Gasteiger partial charge on any atom is -0.493 e. The number of hydrogen-bond donors (Lipinski definition) is 2. The Labute approximate surface area is 180 Å². The topological polar surface area (TPSA) is 109 Å². The molecule has 0 aliphatic carbocycles. The van der Waals surface area contributed by atoms with E-state index in [1.807, 2.05) is 0 Å². The number of nitrogens with one attached hydrogen (secondary N) is 1. The Balaban J connectivity index is 1.87. The second-order valence-corrected chi connectivity index (χ2v) is 6.01. The van der Waals surface area contributed by atoms with Gasteiger partial charge >= 0.3 is 0 Å². The van der Waals surface area contributed by atoms with E-state index in [2.05, 4.69) is 17.2 Å². The first kappa shape index (κ1) is 23.2. The summed E-state index contributed by atoms with van der Waals surface area (Å²) in [5.41, 5.74) is 6.28. The van der Waals surface area contributed by atoms with Gasteiger partial charge in [-0.3, -0.25) is 9.59 Å². The van der Waals surface area contributed by atoms with E-state index in [0.717, 1.165) is 0 Å². The summed E-state index contributed by atoms with van der Waals surface area (Å²) in [5, 5.41) is 2.64. The molecular formula is C23H24N2O6. The lowest BCUT2D eigenvalue weighted by molar-refractivity contribution is -0.116. The van der Waals surface area contributed by atoms with E-state index in [-0.39, 0.29) is 24.6 Å². The molecular weight excluding hydrogens is 400 g/mol. The molecule has 0 saturated carbocycles. The van der Waals surface area contributed by atoms with Crippen molar-refractivity contribution < 1.29 is 28.5 Å². The van der Waals surface area contributed by atoms with Crippen molar-refractivity contribution in [1.82, 2.24) is 5.32 Å². The Morgan fingerprint density at radius 3 is 2.29 bits per heavy atom. The van der Waals surface area contributed by atoms with E-state index in [0.29, 0.717) is 28.6 Å². The Kier molecular flexibility index (Phi) is 8.80. The summed E-state index contributed by atoms with van der Waals surface area (Å²) in [7, 11) is 4.56. The van der Waals surface area contributed by atoms with Crippen molar-refractivity contribution in [2.45, 2.75) is 0 Å². The molecule has 31 heavy (non-hydrogen) atoms. The SMILES string of the molecule is COc1cc(/C=C/C(=O)NCC#CCOc2ccccc2C(N)=O)cc(OC)c1OC. The van der Waals surface area contributed by atoms with E-state index < -0.39 is 5.91 Å². The first-order chi connectivity index (χ1) is 15.0. The average Bonchev–Trinajstić information content (AvgIpc) is 2.79. The summed E-state index contributed by atoms with van der Waals surface area (Å²) in [6, 6.07) is 10.1. The van der Waals surface area contributed by atoms with Gasteiger partial charge in [-0.2, -0.15) is 0 Å². The highest BCUT2D eigenvalue weighted by atomic mass is 16.5. The van der Waals surface area contributed by atoms with Crippen LogP contribution in [0.3, 0.4) is 0 Å². The van der Waals surface area contributed by atoms with Crippen LogP contribution in [0.2, 0.25) is 0 Å². The van der Waals surface area contributed by atoms with Crippen LogP contribution in [-0.2, 0) is 4.79 Å². The molecule has 0 spiro atoms. The number of methoxy groups -OCH3 is 3. The van der Waals surface area contributed by atoms with Crippen LogP contribution in [0.15, 0.2) is 42.5 Å². The number of nitrogens with two attached hydrogens (primary N) is 1. The zero-order valence-electron chi connectivity index (χ0n) is 17.6. The van der Waals surface area contributed by atoms with Gasteiger partial charge in [0.2, 0.25) is 11.7 Å². The van der Waals surface area contributed by atoms with Crippen LogP contribution in [0.25, 0.3) is 6.08 Å². The molecule has 0 fully saturated rings. The molecule has 8 nitrogen and oxygen atoms in total. The van der Waals surface area contributed by atoms with Gasteiger partial charge in [-0.15, -0.1) is 0 Å². The van der Waals surface area contributed by atoms with Crippen LogP contribution < -0.4 is 30.0 Å². The van der Waals surface area contributed by atoms with Crippen molar-refractivity contribution >= 4 is 17.9 Å². The van der Waals surface area contributed by atoms with Crippen molar-refractivity contribution in [1.29, 1.82) is 0 Å². The summed E-state index contributed by atoms with van der Waals surface area (Å²) in [6.45, 7) is 0.195. The first-order valence-electron chi connectivity index (χ1n) is 9.23. The number of carbonyl (C=O) groups excluding carboxylic acids is 2. The number of benzene rings is 2. The fraction of sp³-hybridized carbons (Fsp3) is 0.217. The molecule has 0 aliphatic heterocycles. The van der Waals surface area contributed by atoms with Crippen LogP contribution >= 0.6 is 0 Å². The van der Waals surface area contributed by atoms with Gasteiger partial charge in [0.25, 0.3) is 5.91 Å². The fourth-order valence-corrected chi connectivity index (χ4v) is 2.58. The maximum Gasteiger partial charge on any atom is 0.252 e. The summed E-state index contributed by atoms with van der Waals surface area (Å²) in [6.07, 6.45) is 3.00. The highest BCUT2D eigenvalue weighted by molar-refractivity contribution is 5.95. The maximum absolute atomic E-state index is 12.0. The van der Waals surface area contributed by atoms with Crippen LogP contribution in [-0.4, -0.2) is 46.3 Å². The molecule has 0 atom stereocenters. The quantitative estimate of drug-likeness (QED) is 0.471. The largest absolute Gasteiger partial charge is 0.493 e. The molecule has 0 bridgehead atoms. The maximum atomic E-state index is 12.0. The minimum atomic E-state index is -0.574. The highest BCUT2D eigenvalue weighted by Gasteiger charge is 2.12. The molecule has 2 amide bonds. The Hall–Kier alpha value is -4.12. The molecule has 3 N–H and O–H groups in total. The third-order valence-electron chi connectivity index (χ3n) is 4.04. The van der Waals surface area contributed by atoms with Crippen LogP contribution in [0.5, 0.6) is 23.0 Å².